The number of thiophene rings is 1. The molecular weight excluding hydrogens is 240 g/mol. The number of fused-ring (bicyclic) bond motifs is 1. The number of aromatic amines is 1. The van der Waals surface area contributed by atoms with Crippen LogP contribution in [0.2, 0.25) is 0 Å². The summed E-state index contributed by atoms with van der Waals surface area (Å²) in [5.41, 5.74) is 0.859. The average Bonchev–Trinajstić information content (AvgIpc) is 2.67. The first-order valence-corrected chi connectivity index (χ1v) is 6.32. The van der Waals surface area contributed by atoms with Crippen molar-refractivity contribution in [3.8, 4) is 0 Å². The zero-order valence-corrected chi connectivity index (χ0v) is 10.6. The van der Waals surface area contributed by atoms with Crippen molar-refractivity contribution in [3.05, 3.63) is 38.0 Å². The van der Waals surface area contributed by atoms with Crippen molar-refractivity contribution in [3.63, 3.8) is 0 Å². The number of nitrogens with zero attached hydrogens (tertiary/aromatic N) is 1. The summed E-state index contributed by atoms with van der Waals surface area (Å²) >= 11 is 6.77. The molecule has 0 saturated carbocycles. The van der Waals surface area contributed by atoms with Gasteiger partial charge in [0.25, 0.3) is 5.56 Å². The second-order valence-corrected chi connectivity index (χ2v) is 4.79. The summed E-state index contributed by atoms with van der Waals surface area (Å²) in [5, 5.41) is 2.61. The van der Waals surface area contributed by atoms with Crippen LogP contribution in [0.5, 0.6) is 0 Å². The Labute approximate surface area is 102 Å². The van der Waals surface area contributed by atoms with Crippen molar-refractivity contribution >= 4 is 34.5 Å². The van der Waals surface area contributed by atoms with E-state index in [0.29, 0.717) is 11.3 Å². The van der Waals surface area contributed by atoms with Crippen LogP contribution >= 0.6 is 23.6 Å². The van der Waals surface area contributed by atoms with Gasteiger partial charge in [0.15, 0.2) is 4.77 Å². The fraction of sp³-hybridized carbons (Fsp3) is 0.273. The third-order valence-electron chi connectivity index (χ3n) is 2.45. The Bertz CT molecular complexity index is 648. The van der Waals surface area contributed by atoms with E-state index in [4.69, 9.17) is 12.2 Å². The lowest BCUT2D eigenvalue weighted by atomic mass is 10.3. The van der Waals surface area contributed by atoms with E-state index in [1.165, 1.54) is 9.44 Å². The van der Waals surface area contributed by atoms with Gasteiger partial charge in [0.1, 0.15) is 0 Å². The van der Waals surface area contributed by atoms with Gasteiger partial charge in [-0.2, -0.15) is 0 Å². The topological polar surface area (TPSA) is 37.8 Å². The normalized spacial score (nSPS) is 10.8. The number of hydrogen-bond donors (Lipinski definition) is 1. The molecular formula is C11H12N2OS2. The Morgan fingerprint density at radius 3 is 3.06 bits per heavy atom. The summed E-state index contributed by atoms with van der Waals surface area (Å²) in [4.78, 5) is 16.4. The summed E-state index contributed by atoms with van der Waals surface area (Å²) in [6, 6.07) is 0. The molecule has 0 aromatic carbocycles. The molecule has 0 unspecified atom stereocenters. The van der Waals surface area contributed by atoms with Crippen molar-refractivity contribution < 1.29 is 0 Å². The molecule has 0 aliphatic carbocycles. The molecule has 16 heavy (non-hydrogen) atoms. The standard InChI is InChI=1S/C11H12N2OS2/c1-3-5-13-10(14)7-6-16-8(4-2)9(7)12-11(13)15/h3,6H,1,4-5H2,2H3,(H,12,15). The quantitative estimate of drug-likeness (QED) is 0.674. The number of allylic oxidation sites excluding steroid dienone is 1. The summed E-state index contributed by atoms with van der Waals surface area (Å²) in [5.74, 6) is 0. The zero-order valence-electron chi connectivity index (χ0n) is 8.95. The molecule has 0 aliphatic rings. The van der Waals surface area contributed by atoms with E-state index in [1.54, 1.807) is 17.4 Å². The fourth-order valence-electron chi connectivity index (χ4n) is 1.66. The predicted octanol–water partition coefficient (Wildman–Crippen LogP) is 2.87. The minimum atomic E-state index is -0.0328. The van der Waals surface area contributed by atoms with Gasteiger partial charge < -0.3 is 4.98 Å². The molecule has 0 spiro atoms. The van der Waals surface area contributed by atoms with Crippen LogP contribution in [-0.2, 0) is 13.0 Å². The summed E-state index contributed by atoms with van der Waals surface area (Å²) < 4.78 is 1.99. The van der Waals surface area contributed by atoms with Crippen LogP contribution in [0.4, 0.5) is 0 Å². The molecule has 0 bridgehead atoms. The first-order valence-electron chi connectivity index (χ1n) is 5.03. The Kier molecular flexibility index (Phi) is 3.07. The highest BCUT2D eigenvalue weighted by Gasteiger charge is 2.09. The fourth-order valence-corrected chi connectivity index (χ4v) is 2.84. The molecule has 2 aromatic rings. The highest BCUT2D eigenvalue weighted by molar-refractivity contribution is 7.71. The molecule has 1 N–H and O–H groups in total. The number of hydrogen-bond acceptors (Lipinski definition) is 3. The Hall–Kier alpha value is -1.20. The molecule has 5 heteroatoms. The SMILES string of the molecule is C=CCn1c(=S)[nH]c2c(CC)scc2c1=O. The van der Waals surface area contributed by atoms with Gasteiger partial charge >= 0.3 is 0 Å². The number of rotatable bonds is 3. The van der Waals surface area contributed by atoms with Crippen LogP contribution in [0.25, 0.3) is 10.9 Å². The lowest BCUT2D eigenvalue weighted by Gasteiger charge is -2.03. The largest absolute Gasteiger partial charge is 0.331 e. The van der Waals surface area contributed by atoms with Gasteiger partial charge in [-0.25, -0.2) is 0 Å². The zero-order chi connectivity index (χ0) is 11.7. The average molecular weight is 252 g/mol. The van der Waals surface area contributed by atoms with E-state index in [1.807, 2.05) is 5.38 Å². The number of aryl methyl sites for hydroxylation is 1. The maximum atomic E-state index is 12.1. The van der Waals surface area contributed by atoms with E-state index >= 15 is 0 Å². The summed E-state index contributed by atoms with van der Waals surface area (Å²) in [6.45, 7) is 6.14. The highest BCUT2D eigenvalue weighted by atomic mass is 32.1. The van der Waals surface area contributed by atoms with Gasteiger partial charge in [-0.3, -0.25) is 9.36 Å². The first-order chi connectivity index (χ1) is 7.69. The van der Waals surface area contributed by atoms with Crippen molar-refractivity contribution in [2.24, 2.45) is 0 Å². The van der Waals surface area contributed by atoms with Crippen molar-refractivity contribution in [2.75, 3.05) is 0 Å². The molecule has 0 saturated heterocycles. The third-order valence-corrected chi connectivity index (χ3v) is 3.91. The number of H-pyrrole nitrogens is 1. The van der Waals surface area contributed by atoms with Crippen molar-refractivity contribution in [1.29, 1.82) is 0 Å². The molecule has 2 rings (SSSR count). The summed E-state index contributed by atoms with van der Waals surface area (Å²) in [7, 11) is 0. The first kappa shape index (κ1) is 11.3. The molecule has 84 valence electrons. The van der Waals surface area contributed by atoms with Crippen LogP contribution in [0, 0.1) is 4.77 Å². The highest BCUT2D eigenvalue weighted by Crippen LogP contribution is 2.21. The molecule has 2 aromatic heterocycles. The van der Waals surface area contributed by atoms with E-state index in [0.717, 1.165) is 17.3 Å². The smallest absolute Gasteiger partial charge is 0.263 e. The van der Waals surface area contributed by atoms with Crippen molar-refractivity contribution in [1.82, 2.24) is 9.55 Å². The van der Waals surface area contributed by atoms with E-state index in [2.05, 4.69) is 18.5 Å². The van der Waals surface area contributed by atoms with Gasteiger partial charge in [0.2, 0.25) is 0 Å². The van der Waals surface area contributed by atoms with Crippen LogP contribution < -0.4 is 5.56 Å². The third kappa shape index (κ3) is 1.66. The van der Waals surface area contributed by atoms with E-state index in [-0.39, 0.29) is 5.56 Å². The van der Waals surface area contributed by atoms with Crippen LogP contribution in [0.15, 0.2) is 22.8 Å². The minimum absolute atomic E-state index is 0.0328. The molecule has 0 aliphatic heterocycles. The van der Waals surface area contributed by atoms with Crippen LogP contribution in [0.3, 0.4) is 0 Å². The van der Waals surface area contributed by atoms with Crippen LogP contribution in [-0.4, -0.2) is 9.55 Å². The minimum Gasteiger partial charge on any atom is -0.331 e. The molecule has 3 nitrogen and oxygen atoms in total. The molecule has 2 heterocycles. The maximum absolute atomic E-state index is 12.1. The van der Waals surface area contributed by atoms with Crippen molar-refractivity contribution in [2.45, 2.75) is 19.9 Å². The van der Waals surface area contributed by atoms with E-state index in [9.17, 15) is 4.79 Å². The number of nitrogens with one attached hydrogen (secondary N) is 1. The van der Waals surface area contributed by atoms with Gasteiger partial charge in [-0.1, -0.05) is 13.0 Å². The monoisotopic (exact) mass is 252 g/mol. The molecule has 0 fully saturated rings. The van der Waals surface area contributed by atoms with E-state index < -0.39 is 0 Å². The predicted molar refractivity (Wildman–Crippen MR) is 70.8 cm³/mol. The summed E-state index contributed by atoms with van der Waals surface area (Å²) in [6.07, 6.45) is 2.58. The Balaban J connectivity index is 2.85. The maximum Gasteiger partial charge on any atom is 0.263 e. The number of aromatic nitrogens is 2. The second kappa shape index (κ2) is 4.35. The molecule has 0 amide bonds. The van der Waals surface area contributed by atoms with Crippen LogP contribution in [0.1, 0.15) is 11.8 Å². The molecule has 0 radical (unpaired) electrons. The lowest BCUT2D eigenvalue weighted by molar-refractivity contribution is 0.753. The Morgan fingerprint density at radius 1 is 1.69 bits per heavy atom. The van der Waals surface area contributed by atoms with Gasteiger partial charge in [0, 0.05) is 16.8 Å². The second-order valence-electron chi connectivity index (χ2n) is 3.44. The lowest BCUT2D eigenvalue weighted by Crippen LogP contribution is -2.21. The Morgan fingerprint density at radius 2 is 2.44 bits per heavy atom. The van der Waals surface area contributed by atoms with Gasteiger partial charge in [-0.15, -0.1) is 17.9 Å². The molecule has 0 atom stereocenters. The van der Waals surface area contributed by atoms with Gasteiger partial charge in [0.05, 0.1) is 10.9 Å². The van der Waals surface area contributed by atoms with Gasteiger partial charge in [-0.05, 0) is 18.6 Å².